The third-order valence-electron chi connectivity index (χ3n) is 2.77. The first kappa shape index (κ1) is 11.6. The fraction of sp³-hybridized carbons (Fsp3) is 0.417. The number of benzene rings is 1. The fourth-order valence-electron chi connectivity index (χ4n) is 1.92. The number of fused-ring (bicyclic) bond motifs is 1. The van der Waals surface area contributed by atoms with Crippen LogP contribution in [0.15, 0.2) is 22.7 Å². The molecule has 1 aromatic rings. The van der Waals surface area contributed by atoms with Gasteiger partial charge in [-0.1, -0.05) is 15.9 Å². The highest BCUT2D eigenvalue weighted by Crippen LogP contribution is 2.36. The summed E-state index contributed by atoms with van der Waals surface area (Å²) >= 11 is 3.33. The van der Waals surface area contributed by atoms with Crippen molar-refractivity contribution < 1.29 is 14.6 Å². The third kappa shape index (κ3) is 2.13. The number of hydrogen-bond acceptors (Lipinski definition) is 3. The molecule has 0 radical (unpaired) electrons. The maximum Gasteiger partial charge on any atom is 0.170 e. The van der Waals surface area contributed by atoms with E-state index in [0.29, 0.717) is 24.2 Å². The van der Waals surface area contributed by atoms with Crippen molar-refractivity contribution in [3.63, 3.8) is 0 Å². The number of Topliss-reactive ketones (excluding diaryl/α,β-unsaturated/α-hetero) is 1. The molecule has 0 spiro atoms. The molecular weight excluding hydrogens is 272 g/mol. The number of carbonyl (C=O) groups is 1. The summed E-state index contributed by atoms with van der Waals surface area (Å²) in [5.74, 6) is 0.675. The summed E-state index contributed by atoms with van der Waals surface area (Å²) in [6, 6.07) is 5.40. The molecule has 16 heavy (non-hydrogen) atoms. The van der Waals surface area contributed by atoms with Crippen molar-refractivity contribution in [3.8, 4) is 5.75 Å². The zero-order valence-corrected chi connectivity index (χ0v) is 10.6. The van der Waals surface area contributed by atoms with Crippen LogP contribution < -0.4 is 4.74 Å². The lowest BCUT2D eigenvalue weighted by atomic mass is 9.89. The molecule has 1 N–H and O–H groups in total. The first-order valence-electron chi connectivity index (χ1n) is 5.17. The molecule has 1 aliphatic heterocycles. The van der Waals surface area contributed by atoms with E-state index in [-0.39, 0.29) is 12.4 Å². The molecule has 1 atom stereocenters. The van der Waals surface area contributed by atoms with Gasteiger partial charge < -0.3 is 9.84 Å². The minimum atomic E-state index is -0.577. The van der Waals surface area contributed by atoms with Crippen LogP contribution in [0.1, 0.15) is 30.1 Å². The highest BCUT2D eigenvalue weighted by atomic mass is 79.9. The molecule has 0 saturated carbocycles. The van der Waals surface area contributed by atoms with Crippen molar-refractivity contribution in [3.05, 3.63) is 28.2 Å². The Morgan fingerprint density at radius 1 is 1.56 bits per heavy atom. The smallest absolute Gasteiger partial charge is 0.170 e. The Hall–Kier alpha value is -0.870. The molecule has 4 heteroatoms. The van der Waals surface area contributed by atoms with Crippen LogP contribution in [0.3, 0.4) is 0 Å². The summed E-state index contributed by atoms with van der Waals surface area (Å²) < 4.78 is 6.65. The molecule has 0 aromatic heterocycles. The molecule has 0 bridgehead atoms. The zero-order valence-electron chi connectivity index (χ0n) is 9.00. The summed E-state index contributed by atoms with van der Waals surface area (Å²) in [4.78, 5) is 11.9. The Bertz CT molecular complexity index is 430. The lowest BCUT2D eigenvalue weighted by molar-refractivity contribution is 0.0358. The van der Waals surface area contributed by atoms with Gasteiger partial charge in [0.25, 0.3) is 0 Å². The van der Waals surface area contributed by atoms with E-state index in [2.05, 4.69) is 15.9 Å². The summed E-state index contributed by atoms with van der Waals surface area (Å²) in [6.07, 6.45) is 0.783. The zero-order chi connectivity index (χ0) is 11.8. The van der Waals surface area contributed by atoms with Gasteiger partial charge in [-0.15, -0.1) is 0 Å². The number of rotatable bonds is 2. The van der Waals surface area contributed by atoms with Gasteiger partial charge in [0, 0.05) is 17.5 Å². The number of ether oxygens (including phenoxy) is 1. The topological polar surface area (TPSA) is 46.5 Å². The molecular formula is C12H13BrO3. The first-order valence-corrected chi connectivity index (χ1v) is 5.96. The molecule has 86 valence electrons. The van der Waals surface area contributed by atoms with Crippen molar-refractivity contribution in [2.45, 2.75) is 25.4 Å². The summed E-state index contributed by atoms with van der Waals surface area (Å²) in [6.45, 7) is 1.88. The molecule has 0 aliphatic carbocycles. The van der Waals surface area contributed by atoms with E-state index in [0.717, 1.165) is 4.47 Å². The predicted molar refractivity (Wildman–Crippen MR) is 63.8 cm³/mol. The van der Waals surface area contributed by atoms with Gasteiger partial charge in [-0.25, -0.2) is 0 Å². The van der Waals surface area contributed by atoms with Crippen molar-refractivity contribution in [1.29, 1.82) is 0 Å². The van der Waals surface area contributed by atoms with Gasteiger partial charge in [0.15, 0.2) is 5.78 Å². The summed E-state index contributed by atoms with van der Waals surface area (Å²) in [5, 5.41) is 8.96. The molecule has 1 unspecified atom stereocenters. The standard InChI is InChI=1S/C12H13BrO3/c1-12(4-5-14)7-10(15)9-6-8(13)2-3-11(9)16-12/h2-3,6,14H,4-5,7H2,1H3. The lowest BCUT2D eigenvalue weighted by Crippen LogP contribution is -2.39. The maximum atomic E-state index is 11.9. The second-order valence-corrected chi connectivity index (χ2v) is 5.18. The predicted octanol–water partition coefficient (Wildman–Crippen LogP) is 2.56. The molecule has 1 aromatic carbocycles. The van der Waals surface area contributed by atoms with Gasteiger partial charge >= 0.3 is 0 Å². The van der Waals surface area contributed by atoms with Crippen LogP contribution in [0.25, 0.3) is 0 Å². The largest absolute Gasteiger partial charge is 0.486 e. The molecule has 0 fully saturated rings. The second kappa shape index (κ2) is 4.18. The minimum Gasteiger partial charge on any atom is -0.486 e. The van der Waals surface area contributed by atoms with E-state index in [1.165, 1.54) is 0 Å². The van der Waals surface area contributed by atoms with Gasteiger partial charge in [0.05, 0.1) is 12.0 Å². The van der Waals surface area contributed by atoms with Crippen LogP contribution in [0.2, 0.25) is 0 Å². The van der Waals surface area contributed by atoms with E-state index in [1.807, 2.05) is 13.0 Å². The molecule has 0 saturated heterocycles. The number of aliphatic hydroxyl groups is 1. The number of aliphatic hydroxyl groups excluding tert-OH is 1. The van der Waals surface area contributed by atoms with E-state index >= 15 is 0 Å². The third-order valence-corrected chi connectivity index (χ3v) is 3.27. The average molecular weight is 285 g/mol. The highest BCUT2D eigenvalue weighted by Gasteiger charge is 2.35. The van der Waals surface area contributed by atoms with E-state index in [4.69, 9.17) is 9.84 Å². The van der Waals surface area contributed by atoms with Crippen molar-refractivity contribution in [2.24, 2.45) is 0 Å². The Labute approximate surface area is 103 Å². The monoisotopic (exact) mass is 284 g/mol. The van der Waals surface area contributed by atoms with Crippen molar-refractivity contribution in [1.82, 2.24) is 0 Å². The van der Waals surface area contributed by atoms with Crippen LogP contribution >= 0.6 is 15.9 Å². The molecule has 1 heterocycles. The number of carbonyl (C=O) groups excluding carboxylic acids is 1. The Morgan fingerprint density at radius 2 is 2.31 bits per heavy atom. The normalized spacial score (nSPS) is 23.8. The van der Waals surface area contributed by atoms with E-state index < -0.39 is 5.60 Å². The number of hydrogen-bond donors (Lipinski definition) is 1. The van der Waals surface area contributed by atoms with Gasteiger partial charge in [-0.3, -0.25) is 4.79 Å². The second-order valence-electron chi connectivity index (χ2n) is 4.27. The summed E-state index contributed by atoms with van der Waals surface area (Å²) in [7, 11) is 0. The fourth-order valence-corrected chi connectivity index (χ4v) is 2.28. The van der Waals surface area contributed by atoms with Crippen LogP contribution in [-0.4, -0.2) is 23.1 Å². The summed E-state index contributed by atoms with van der Waals surface area (Å²) in [5.41, 5.74) is 0.0388. The Balaban J connectivity index is 2.37. The van der Waals surface area contributed by atoms with Gasteiger partial charge in [0.2, 0.25) is 0 Å². The molecule has 3 nitrogen and oxygen atoms in total. The lowest BCUT2D eigenvalue weighted by Gasteiger charge is -2.34. The quantitative estimate of drug-likeness (QED) is 0.908. The molecule has 0 amide bonds. The van der Waals surface area contributed by atoms with Gasteiger partial charge in [-0.05, 0) is 25.1 Å². The van der Waals surface area contributed by atoms with Crippen molar-refractivity contribution >= 4 is 21.7 Å². The number of ketones is 1. The van der Waals surface area contributed by atoms with Gasteiger partial charge in [0.1, 0.15) is 11.4 Å². The highest BCUT2D eigenvalue weighted by molar-refractivity contribution is 9.10. The van der Waals surface area contributed by atoms with Crippen LogP contribution in [-0.2, 0) is 0 Å². The van der Waals surface area contributed by atoms with Gasteiger partial charge in [-0.2, -0.15) is 0 Å². The first-order chi connectivity index (χ1) is 7.54. The Morgan fingerprint density at radius 3 is 3.00 bits per heavy atom. The SMILES string of the molecule is CC1(CCO)CC(=O)c2cc(Br)ccc2O1. The molecule has 1 aliphatic rings. The maximum absolute atomic E-state index is 11.9. The minimum absolute atomic E-state index is 0.0235. The average Bonchev–Trinajstić information content (AvgIpc) is 2.19. The van der Waals surface area contributed by atoms with Crippen LogP contribution in [0, 0.1) is 0 Å². The molecule has 2 rings (SSSR count). The van der Waals surface area contributed by atoms with E-state index in [9.17, 15) is 4.79 Å². The number of halogens is 1. The van der Waals surface area contributed by atoms with Crippen molar-refractivity contribution in [2.75, 3.05) is 6.61 Å². The van der Waals surface area contributed by atoms with Crippen LogP contribution in [0.4, 0.5) is 0 Å². The Kier molecular flexibility index (Phi) is 3.04. The van der Waals surface area contributed by atoms with Crippen LogP contribution in [0.5, 0.6) is 5.75 Å². The van der Waals surface area contributed by atoms with E-state index in [1.54, 1.807) is 12.1 Å².